The Morgan fingerprint density at radius 1 is 1.05 bits per heavy atom. The van der Waals surface area contributed by atoms with Crippen LogP contribution in [0.1, 0.15) is 10.4 Å². The molecule has 0 saturated carbocycles. The maximum atomic E-state index is 4.78. The van der Waals surface area contributed by atoms with Gasteiger partial charge in [0.25, 0.3) is 0 Å². The Labute approximate surface area is 124 Å². The molecule has 1 aromatic heterocycles. The van der Waals surface area contributed by atoms with Gasteiger partial charge < -0.3 is 0 Å². The minimum atomic E-state index is 0.354. The zero-order chi connectivity index (χ0) is 12.7. The van der Waals surface area contributed by atoms with Crippen molar-refractivity contribution in [2.45, 2.75) is 4.71 Å². The first-order valence-corrected chi connectivity index (χ1v) is 8.61. The number of hydrogen-bond donors (Lipinski definition) is 0. The van der Waals surface area contributed by atoms with E-state index in [1.165, 1.54) is 16.1 Å². The summed E-state index contributed by atoms with van der Waals surface area (Å²) in [6, 6.07) is 14.7. The molecule has 1 unspecified atom stereocenters. The highest BCUT2D eigenvalue weighted by Crippen LogP contribution is 2.47. The third kappa shape index (κ3) is 2.02. The lowest BCUT2D eigenvalue weighted by Gasteiger charge is -2.16. The van der Waals surface area contributed by atoms with E-state index in [4.69, 9.17) is 5.10 Å². The van der Waals surface area contributed by atoms with E-state index in [0.717, 1.165) is 5.04 Å². The summed E-state index contributed by atoms with van der Waals surface area (Å²) in [6.45, 7) is 0. The molecule has 0 aliphatic carbocycles. The van der Waals surface area contributed by atoms with Gasteiger partial charge in [-0.05, 0) is 16.9 Å². The standard InChI is InChI=1S/C14H10N2S3/c1-2-5-10(6-3-1)11-9-18-14-16(11)15-13(19-14)12-7-4-8-17-12/h1-9,14H. The van der Waals surface area contributed by atoms with Gasteiger partial charge in [0.05, 0.1) is 10.6 Å². The van der Waals surface area contributed by atoms with Crippen LogP contribution in [0, 0.1) is 0 Å². The van der Waals surface area contributed by atoms with Crippen LogP contribution < -0.4 is 0 Å². The Balaban J connectivity index is 1.68. The van der Waals surface area contributed by atoms with Crippen molar-refractivity contribution < 1.29 is 0 Å². The third-order valence-electron chi connectivity index (χ3n) is 2.96. The lowest BCUT2D eigenvalue weighted by molar-refractivity contribution is 0.491. The van der Waals surface area contributed by atoms with E-state index in [1.54, 1.807) is 11.3 Å². The van der Waals surface area contributed by atoms with E-state index in [9.17, 15) is 0 Å². The maximum absolute atomic E-state index is 4.78. The molecule has 0 amide bonds. The molecule has 94 valence electrons. The van der Waals surface area contributed by atoms with Crippen LogP contribution in [0.3, 0.4) is 0 Å². The molecule has 0 bridgehead atoms. The van der Waals surface area contributed by atoms with Crippen LogP contribution in [0.15, 0.2) is 58.4 Å². The van der Waals surface area contributed by atoms with Gasteiger partial charge >= 0.3 is 0 Å². The Kier molecular flexibility index (Phi) is 2.90. The van der Waals surface area contributed by atoms with Gasteiger partial charge in [-0.25, -0.2) is 5.01 Å². The van der Waals surface area contributed by atoms with Gasteiger partial charge in [0, 0.05) is 5.56 Å². The molecule has 4 rings (SSSR count). The van der Waals surface area contributed by atoms with Crippen molar-refractivity contribution in [3.05, 3.63) is 63.7 Å². The number of hydrazone groups is 1. The molecule has 2 aliphatic rings. The van der Waals surface area contributed by atoms with Gasteiger partial charge in [0.15, 0.2) is 4.71 Å². The Bertz CT molecular complexity index is 647. The van der Waals surface area contributed by atoms with E-state index in [-0.39, 0.29) is 0 Å². The lowest BCUT2D eigenvalue weighted by atomic mass is 10.2. The summed E-state index contributed by atoms with van der Waals surface area (Å²) in [4.78, 5) is 1.26. The topological polar surface area (TPSA) is 15.6 Å². The van der Waals surface area contributed by atoms with Crippen LogP contribution in [-0.4, -0.2) is 14.8 Å². The second-order valence-corrected chi connectivity index (χ2v) is 7.43. The minimum absolute atomic E-state index is 0.354. The Morgan fingerprint density at radius 3 is 2.74 bits per heavy atom. The fourth-order valence-corrected chi connectivity index (χ4v) is 5.15. The number of rotatable bonds is 2. The monoisotopic (exact) mass is 302 g/mol. The van der Waals surface area contributed by atoms with Crippen LogP contribution in [0.5, 0.6) is 0 Å². The van der Waals surface area contributed by atoms with Crippen LogP contribution >= 0.6 is 34.9 Å². The highest BCUT2D eigenvalue weighted by molar-refractivity contribution is 8.26. The van der Waals surface area contributed by atoms with Crippen molar-refractivity contribution in [2.24, 2.45) is 5.10 Å². The normalized spacial score (nSPS) is 21.3. The van der Waals surface area contributed by atoms with Gasteiger partial charge in [-0.3, -0.25) is 0 Å². The number of thioether (sulfide) groups is 2. The van der Waals surface area contributed by atoms with Gasteiger partial charge in [0.2, 0.25) is 0 Å². The quantitative estimate of drug-likeness (QED) is 0.813. The molecule has 2 aromatic rings. The van der Waals surface area contributed by atoms with Crippen molar-refractivity contribution in [2.75, 3.05) is 0 Å². The van der Waals surface area contributed by atoms with Crippen LogP contribution in [0.4, 0.5) is 0 Å². The number of benzene rings is 1. The predicted octanol–water partition coefficient (Wildman–Crippen LogP) is 4.49. The second kappa shape index (κ2) is 4.74. The molecule has 19 heavy (non-hydrogen) atoms. The molecule has 3 heterocycles. The first-order chi connectivity index (χ1) is 9.42. The molecule has 1 atom stereocenters. The maximum Gasteiger partial charge on any atom is 0.153 e. The van der Waals surface area contributed by atoms with Crippen LogP contribution in [-0.2, 0) is 0 Å². The Hall–Kier alpha value is -1.17. The summed E-state index contributed by atoms with van der Waals surface area (Å²) in [5, 5.41) is 12.4. The van der Waals surface area contributed by atoms with E-state index >= 15 is 0 Å². The third-order valence-corrected chi connectivity index (χ3v) is 6.30. The number of fused-ring (bicyclic) bond motifs is 1. The van der Waals surface area contributed by atoms with E-state index in [1.807, 2.05) is 29.6 Å². The van der Waals surface area contributed by atoms with Crippen molar-refractivity contribution in [3.8, 4) is 0 Å². The Morgan fingerprint density at radius 2 is 1.95 bits per heavy atom. The first kappa shape index (κ1) is 11.6. The zero-order valence-electron chi connectivity index (χ0n) is 9.89. The molecule has 5 heteroatoms. The van der Waals surface area contributed by atoms with Crippen molar-refractivity contribution in [1.82, 2.24) is 5.01 Å². The van der Waals surface area contributed by atoms with Gasteiger partial charge in [-0.2, -0.15) is 5.10 Å². The summed E-state index contributed by atoms with van der Waals surface area (Å²) in [5.41, 5.74) is 2.43. The summed E-state index contributed by atoms with van der Waals surface area (Å²) < 4.78 is 0.354. The van der Waals surface area contributed by atoms with Crippen LogP contribution in [0.2, 0.25) is 0 Å². The molecular formula is C14H10N2S3. The smallest absolute Gasteiger partial charge is 0.153 e. The van der Waals surface area contributed by atoms with Gasteiger partial charge in [-0.1, -0.05) is 59.9 Å². The molecule has 0 saturated heterocycles. The SMILES string of the molecule is C1=C(c2ccccc2)N2N=C(c3cccs3)SC2S1. The average molecular weight is 302 g/mol. The van der Waals surface area contributed by atoms with Crippen molar-refractivity contribution >= 4 is 45.6 Å². The van der Waals surface area contributed by atoms with E-state index < -0.39 is 0 Å². The molecule has 2 aliphatic heterocycles. The summed E-state index contributed by atoms with van der Waals surface area (Å²) >= 11 is 5.42. The largest absolute Gasteiger partial charge is 0.239 e. The van der Waals surface area contributed by atoms with Crippen LogP contribution in [0.25, 0.3) is 5.70 Å². The van der Waals surface area contributed by atoms with E-state index in [2.05, 4.69) is 52.2 Å². The predicted molar refractivity (Wildman–Crippen MR) is 86.1 cm³/mol. The summed E-state index contributed by atoms with van der Waals surface area (Å²) in [6.07, 6.45) is 0. The molecule has 0 fully saturated rings. The zero-order valence-corrected chi connectivity index (χ0v) is 12.3. The average Bonchev–Trinajstić information content (AvgIpc) is 3.15. The fraction of sp³-hybridized carbons (Fsp3) is 0.0714. The van der Waals surface area contributed by atoms with Gasteiger partial charge in [-0.15, -0.1) is 11.3 Å². The number of hydrogen-bond acceptors (Lipinski definition) is 5. The summed E-state index contributed by atoms with van der Waals surface area (Å²) in [5.74, 6) is 0. The molecule has 1 aromatic carbocycles. The van der Waals surface area contributed by atoms with Gasteiger partial charge in [0.1, 0.15) is 5.04 Å². The van der Waals surface area contributed by atoms with Crippen molar-refractivity contribution in [1.29, 1.82) is 0 Å². The van der Waals surface area contributed by atoms with Crippen molar-refractivity contribution in [3.63, 3.8) is 0 Å². The summed E-state index contributed by atoms with van der Waals surface area (Å²) in [7, 11) is 0. The highest BCUT2D eigenvalue weighted by atomic mass is 32.2. The molecule has 0 spiro atoms. The highest BCUT2D eigenvalue weighted by Gasteiger charge is 2.35. The molecule has 2 nitrogen and oxygen atoms in total. The fourth-order valence-electron chi connectivity index (χ4n) is 2.06. The molecule has 0 radical (unpaired) electrons. The number of thiophene rings is 1. The molecule has 0 N–H and O–H groups in total. The minimum Gasteiger partial charge on any atom is -0.239 e. The second-order valence-electron chi connectivity index (χ2n) is 4.16. The van der Waals surface area contributed by atoms with E-state index in [0.29, 0.717) is 4.71 Å². The number of nitrogens with zero attached hydrogens (tertiary/aromatic N) is 2. The first-order valence-electron chi connectivity index (χ1n) is 5.91. The molecular weight excluding hydrogens is 292 g/mol. The lowest BCUT2D eigenvalue weighted by Crippen LogP contribution is -2.14.